The highest BCUT2D eigenvalue weighted by molar-refractivity contribution is 7.90. The Morgan fingerprint density at radius 3 is 2.69 bits per heavy atom. The van der Waals surface area contributed by atoms with E-state index in [0.29, 0.717) is 5.02 Å². The molecule has 0 radical (unpaired) electrons. The lowest BCUT2D eigenvalue weighted by Gasteiger charge is -2.69. The van der Waals surface area contributed by atoms with Gasteiger partial charge in [0, 0.05) is 22.2 Å². The minimum Gasteiger partial charge on any atom is -0.455 e. The van der Waals surface area contributed by atoms with E-state index in [-0.39, 0.29) is 28.4 Å². The van der Waals surface area contributed by atoms with Crippen molar-refractivity contribution < 1.29 is 17.6 Å². The van der Waals surface area contributed by atoms with Crippen LogP contribution in [0.3, 0.4) is 0 Å². The molecule has 9 heteroatoms. The Bertz CT molecular complexity index is 1240. The zero-order chi connectivity index (χ0) is 20.6. The van der Waals surface area contributed by atoms with E-state index in [1.54, 1.807) is 24.3 Å². The lowest BCUT2D eigenvalue weighted by atomic mass is 9.39. The number of hydrogen-bond acceptors (Lipinski definition) is 6. The average molecular weight is 451 g/mol. The predicted octanol–water partition coefficient (Wildman–Crippen LogP) is 4.25. The molecule has 6 rings (SSSR count). The highest BCUT2D eigenvalue weighted by Gasteiger charge is 2.70. The van der Waals surface area contributed by atoms with E-state index in [1.165, 1.54) is 6.07 Å². The number of hydrogen-bond donors (Lipinski definition) is 1. The minimum atomic E-state index is -3.28. The van der Waals surface area contributed by atoms with Crippen LogP contribution in [0, 0.1) is 0 Å². The van der Waals surface area contributed by atoms with Crippen molar-refractivity contribution in [3.05, 3.63) is 51.9 Å². The number of sulfone groups is 1. The molecule has 0 aliphatic heterocycles. The van der Waals surface area contributed by atoms with Crippen molar-refractivity contribution in [3.8, 4) is 0 Å². The van der Waals surface area contributed by atoms with Crippen LogP contribution < -0.4 is 5.32 Å². The molecule has 1 aromatic carbocycles. The number of thiazole rings is 1. The van der Waals surface area contributed by atoms with Gasteiger partial charge in [0.2, 0.25) is 0 Å². The summed E-state index contributed by atoms with van der Waals surface area (Å²) in [4.78, 5) is 17.4. The molecule has 3 aliphatic rings. The quantitative estimate of drug-likeness (QED) is 0.627. The maximum Gasteiger partial charge on any atom is 0.287 e. The third-order valence-corrected chi connectivity index (χ3v) is 9.12. The van der Waals surface area contributed by atoms with Crippen molar-refractivity contribution in [2.45, 2.75) is 42.4 Å². The summed E-state index contributed by atoms with van der Waals surface area (Å²) in [5, 5.41) is 4.10. The highest BCUT2D eigenvalue weighted by atomic mass is 35.5. The van der Waals surface area contributed by atoms with E-state index in [4.69, 9.17) is 21.0 Å². The summed E-state index contributed by atoms with van der Waals surface area (Å²) in [6.07, 6.45) is 3.71. The van der Waals surface area contributed by atoms with Crippen LogP contribution in [0.25, 0.3) is 10.2 Å². The van der Waals surface area contributed by atoms with Gasteiger partial charge in [-0.25, -0.2) is 13.4 Å². The zero-order valence-electron chi connectivity index (χ0n) is 15.9. The third kappa shape index (κ3) is 3.00. The van der Waals surface area contributed by atoms with Gasteiger partial charge in [-0.15, -0.1) is 11.3 Å². The Labute approximate surface area is 177 Å². The van der Waals surface area contributed by atoms with Gasteiger partial charge in [-0.3, -0.25) is 4.79 Å². The van der Waals surface area contributed by atoms with E-state index in [1.807, 2.05) is 18.2 Å². The first-order valence-corrected chi connectivity index (χ1v) is 12.4. The first-order chi connectivity index (χ1) is 13.6. The van der Waals surface area contributed by atoms with E-state index in [0.717, 1.165) is 40.7 Å². The van der Waals surface area contributed by atoms with Gasteiger partial charge in [0.15, 0.2) is 15.6 Å². The number of carbonyl (C=O) groups is 1. The van der Waals surface area contributed by atoms with E-state index in [9.17, 15) is 13.2 Å². The number of carbonyl (C=O) groups excluding carboxylic acids is 1. The fourth-order valence-corrected chi connectivity index (χ4v) is 6.45. The first-order valence-electron chi connectivity index (χ1n) is 9.27. The minimum absolute atomic E-state index is 0.0442. The number of nitrogens with one attached hydrogen (secondary N) is 1. The summed E-state index contributed by atoms with van der Waals surface area (Å²) in [6.45, 7) is 1.55. The topological polar surface area (TPSA) is 89.3 Å². The summed E-state index contributed by atoms with van der Waals surface area (Å²) in [5.41, 5.74) is 0.783. The molecule has 1 amide bonds. The van der Waals surface area contributed by atoms with Gasteiger partial charge < -0.3 is 9.73 Å². The molecule has 3 saturated carbocycles. The molecule has 29 heavy (non-hydrogen) atoms. The molecule has 1 N–H and O–H groups in total. The van der Waals surface area contributed by atoms with Crippen molar-refractivity contribution in [2.75, 3.05) is 6.26 Å². The van der Waals surface area contributed by atoms with Gasteiger partial charge in [0.1, 0.15) is 16.0 Å². The number of nitrogens with zero attached hydrogens (tertiary/aromatic N) is 1. The van der Waals surface area contributed by atoms with Gasteiger partial charge in [0.25, 0.3) is 5.91 Å². The van der Waals surface area contributed by atoms with Crippen LogP contribution in [0.1, 0.15) is 52.8 Å². The monoisotopic (exact) mass is 450 g/mol. The molecular formula is C20H19ClN2O4S2. The Morgan fingerprint density at radius 2 is 2.00 bits per heavy atom. The molecule has 3 aliphatic carbocycles. The van der Waals surface area contributed by atoms with E-state index in [2.05, 4.69) is 5.32 Å². The van der Waals surface area contributed by atoms with Gasteiger partial charge in [-0.05, 0) is 56.5 Å². The Morgan fingerprint density at radius 1 is 1.28 bits per heavy atom. The molecule has 2 heterocycles. The Kier molecular flexibility index (Phi) is 3.99. The molecule has 6 nitrogen and oxygen atoms in total. The summed E-state index contributed by atoms with van der Waals surface area (Å²) in [6, 6.07) is 8.81. The van der Waals surface area contributed by atoms with Crippen LogP contribution in [0.15, 0.2) is 34.7 Å². The SMILES string of the molecule is C[C@H](c1ccc(C(=O)NC23CC(c4nc5ccc(Cl)cc5s4)(C2)C3)o1)S(C)(=O)=O. The van der Waals surface area contributed by atoms with Crippen LogP contribution in [-0.4, -0.2) is 31.1 Å². The van der Waals surface area contributed by atoms with Crippen LogP contribution >= 0.6 is 22.9 Å². The van der Waals surface area contributed by atoms with Crippen LogP contribution in [-0.2, 0) is 15.3 Å². The fraction of sp³-hybridized carbons (Fsp3) is 0.400. The predicted molar refractivity (Wildman–Crippen MR) is 112 cm³/mol. The standard InChI is InChI=1S/C20H19ClN2O4S2/c1-11(29(2,25)26)14-5-6-15(27-14)17(24)23-20-8-19(9-20,10-20)18-22-13-4-3-12(21)7-16(13)28-18/h3-7,11H,8-10H2,1-2H3,(H,23,24)/t11-,19?,20?/m1/s1. The van der Waals surface area contributed by atoms with Crippen molar-refractivity contribution >= 4 is 48.9 Å². The number of halogens is 1. The van der Waals surface area contributed by atoms with Crippen molar-refractivity contribution in [1.82, 2.24) is 10.3 Å². The summed E-state index contributed by atoms with van der Waals surface area (Å²) >= 11 is 7.74. The largest absolute Gasteiger partial charge is 0.455 e. The second-order valence-electron chi connectivity index (χ2n) is 8.35. The molecule has 2 bridgehead atoms. The average Bonchev–Trinajstić information content (AvgIpc) is 3.21. The van der Waals surface area contributed by atoms with E-state index >= 15 is 0 Å². The number of amides is 1. The van der Waals surface area contributed by atoms with Crippen LogP contribution in [0.2, 0.25) is 5.02 Å². The van der Waals surface area contributed by atoms with Crippen molar-refractivity contribution in [2.24, 2.45) is 0 Å². The lowest BCUT2D eigenvalue weighted by molar-refractivity contribution is -0.0811. The van der Waals surface area contributed by atoms with Crippen LogP contribution in [0.4, 0.5) is 0 Å². The molecule has 0 spiro atoms. The molecule has 1 atom stereocenters. The summed E-state index contributed by atoms with van der Waals surface area (Å²) in [5.74, 6) is 0.116. The van der Waals surface area contributed by atoms with Crippen molar-refractivity contribution in [3.63, 3.8) is 0 Å². The Balaban J connectivity index is 1.27. The molecular weight excluding hydrogens is 432 g/mol. The number of aromatic nitrogens is 1. The molecule has 3 aromatic rings. The smallest absolute Gasteiger partial charge is 0.287 e. The molecule has 2 aromatic heterocycles. The highest BCUT2D eigenvalue weighted by Crippen LogP contribution is 2.68. The molecule has 152 valence electrons. The maximum atomic E-state index is 12.6. The number of fused-ring (bicyclic) bond motifs is 1. The third-order valence-electron chi connectivity index (χ3n) is 6.11. The number of rotatable bonds is 5. The molecule has 0 unspecified atom stereocenters. The normalized spacial score (nSPS) is 26.6. The lowest BCUT2D eigenvalue weighted by Crippen LogP contribution is -2.76. The van der Waals surface area contributed by atoms with Gasteiger partial charge in [-0.1, -0.05) is 11.6 Å². The van der Waals surface area contributed by atoms with Gasteiger partial charge in [-0.2, -0.15) is 0 Å². The van der Waals surface area contributed by atoms with Gasteiger partial charge in [0.05, 0.1) is 10.2 Å². The first kappa shape index (κ1) is 19.1. The van der Waals surface area contributed by atoms with E-state index < -0.39 is 15.1 Å². The number of benzene rings is 1. The van der Waals surface area contributed by atoms with Gasteiger partial charge >= 0.3 is 0 Å². The fourth-order valence-electron chi connectivity index (χ4n) is 4.48. The maximum absolute atomic E-state index is 12.6. The number of furan rings is 1. The van der Waals surface area contributed by atoms with Crippen LogP contribution in [0.5, 0.6) is 0 Å². The molecule has 0 saturated heterocycles. The zero-order valence-corrected chi connectivity index (χ0v) is 18.2. The molecule has 3 fully saturated rings. The second-order valence-corrected chi connectivity index (χ2v) is 12.2. The van der Waals surface area contributed by atoms with Crippen molar-refractivity contribution in [1.29, 1.82) is 0 Å². The second kappa shape index (κ2) is 6.06. The summed E-state index contributed by atoms with van der Waals surface area (Å²) in [7, 11) is -3.28. The summed E-state index contributed by atoms with van der Waals surface area (Å²) < 4.78 is 30.0. The Hall–Kier alpha value is -1.90.